The number of sulfonamides is 1. The van der Waals surface area contributed by atoms with E-state index in [0.29, 0.717) is 17.3 Å². The summed E-state index contributed by atoms with van der Waals surface area (Å²) in [6.07, 6.45) is 1.53. The average molecular weight is 271 g/mol. The molecule has 0 bridgehead atoms. The highest BCUT2D eigenvalue weighted by atomic mass is 32.2. The van der Waals surface area contributed by atoms with E-state index in [2.05, 4.69) is 14.9 Å². The van der Waals surface area contributed by atoms with E-state index in [0.717, 1.165) is 0 Å². The molecule has 0 aromatic carbocycles. The van der Waals surface area contributed by atoms with E-state index in [1.165, 1.54) is 6.20 Å². The lowest BCUT2D eigenvalue weighted by Gasteiger charge is -2.03. The highest BCUT2D eigenvalue weighted by Gasteiger charge is 2.24. The molecule has 0 aliphatic carbocycles. The van der Waals surface area contributed by atoms with Crippen molar-refractivity contribution in [2.24, 2.45) is 0 Å². The summed E-state index contributed by atoms with van der Waals surface area (Å²) in [5.41, 5.74) is 0.323. The van der Waals surface area contributed by atoms with Gasteiger partial charge in [-0.2, -0.15) is 0 Å². The molecule has 0 saturated heterocycles. The first kappa shape index (κ1) is 12.8. The second-order valence-corrected chi connectivity index (χ2v) is 5.55. The zero-order valence-electron chi connectivity index (χ0n) is 10.2. The van der Waals surface area contributed by atoms with Crippen molar-refractivity contribution in [3.05, 3.63) is 29.3 Å². The van der Waals surface area contributed by atoms with Gasteiger partial charge in [0.05, 0.1) is 12.7 Å². The maximum atomic E-state index is 12.0. The number of hydrogen-bond donors (Lipinski definition) is 1. The van der Waals surface area contributed by atoms with E-state index in [9.17, 15) is 8.42 Å². The molecule has 1 N–H and O–H groups in total. The normalized spacial score (nSPS) is 11.9. The molecule has 0 amide bonds. The minimum Gasteiger partial charge on any atom is -0.445 e. The molecule has 0 fully saturated rings. The third-order valence-electron chi connectivity index (χ3n) is 2.32. The molecular formula is C10H13N3O4S. The Balaban J connectivity index is 2.18. The molecule has 0 aliphatic heterocycles. The van der Waals surface area contributed by atoms with Crippen LogP contribution < -0.4 is 4.72 Å². The Morgan fingerprint density at radius 1 is 1.33 bits per heavy atom. The number of aryl methyl sites for hydroxylation is 3. The fraction of sp³-hybridized carbons (Fsp3) is 0.400. The van der Waals surface area contributed by atoms with Crippen molar-refractivity contribution < 1.29 is 17.4 Å². The van der Waals surface area contributed by atoms with Gasteiger partial charge in [0.2, 0.25) is 15.9 Å². The summed E-state index contributed by atoms with van der Waals surface area (Å²) in [5.74, 6) is 1.19. The summed E-state index contributed by atoms with van der Waals surface area (Å²) < 4.78 is 36.5. The lowest BCUT2D eigenvalue weighted by Crippen LogP contribution is -2.24. The summed E-state index contributed by atoms with van der Waals surface area (Å²) in [5, 5.41) is 3.61. The number of nitrogens with one attached hydrogen (secondary N) is 1. The van der Waals surface area contributed by atoms with Gasteiger partial charge in [-0.05, 0) is 20.8 Å². The zero-order valence-corrected chi connectivity index (χ0v) is 11.0. The van der Waals surface area contributed by atoms with Crippen LogP contribution in [-0.4, -0.2) is 18.6 Å². The van der Waals surface area contributed by atoms with Crippen LogP contribution in [0.3, 0.4) is 0 Å². The van der Waals surface area contributed by atoms with Gasteiger partial charge in [-0.15, -0.1) is 0 Å². The summed E-state index contributed by atoms with van der Waals surface area (Å²) in [7, 11) is -3.67. The topological polar surface area (TPSA) is 98.2 Å². The van der Waals surface area contributed by atoms with Gasteiger partial charge in [-0.1, -0.05) is 5.16 Å². The van der Waals surface area contributed by atoms with Crippen molar-refractivity contribution >= 4 is 10.0 Å². The minimum atomic E-state index is -3.67. The fourth-order valence-electron chi connectivity index (χ4n) is 1.57. The monoisotopic (exact) mass is 271 g/mol. The molecule has 2 rings (SSSR count). The molecule has 0 unspecified atom stereocenters. The van der Waals surface area contributed by atoms with E-state index in [-0.39, 0.29) is 17.2 Å². The molecule has 2 aromatic rings. The Kier molecular flexibility index (Phi) is 3.22. The average Bonchev–Trinajstić information content (AvgIpc) is 2.83. The van der Waals surface area contributed by atoms with Gasteiger partial charge in [0, 0.05) is 0 Å². The van der Waals surface area contributed by atoms with E-state index >= 15 is 0 Å². The Labute approximate surface area is 104 Å². The highest BCUT2D eigenvalue weighted by molar-refractivity contribution is 7.89. The maximum Gasteiger partial charge on any atom is 0.246 e. The Morgan fingerprint density at radius 3 is 2.56 bits per heavy atom. The van der Waals surface area contributed by atoms with Gasteiger partial charge in [0.25, 0.3) is 0 Å². The molecule has 18 heavy (non-hydrogen) atoms. The quantitative estimate of drug-likeness (QED) is 0.893. The van der Waals surface area contributed by atoms with Crippen molar-refractivity contribution in [2.45, 2.75) is 32.2 Å². The maximum absolute atomic E-state index is 12.0. The summed E-state index contributed by atoms with van der Waals surface area (Å²) >= 11 is 0. The van der Waals surface area contributed by atoms with Gasteiger partial charge >= 0.3 is 0 Å². The Morgan fingerprint density at radius 2 is 2.06 bits per heavy atom. The first-order valence-electron chi connectivity index (χ1n) is 5.24. The summed E-state index contributed by atoms with van der Waals surface area (Å²) in [6.45, 7) is 4.84. The second-order valence-electron chi connectivity index (χ2n) is 3.84. The van der Waals surface area contributed by atoms with Gasteiger partial charge in [0.15, 0.2) is 5.76 Å². The minimum absolute atomic E-state index is 0.0137. The van der Waals surface area contributed by atoms with Crippen LogP contribution in [0.15, 0.2) is 20.0 Å². The first-order valence-corrected chi connectivity index (χ1v) is 6.72. The number of aromatic nitrogens is 2. The molecule has 8 heteroatoms. The lowest BCUT2D eigenvalue weighted by molar-refractivity contribution is 0.390. The standard InChI is InChI=1S/C10H13N3O4S/c1-6-4-11-9(16-6)5-12-18(14,15)10-7(2)13-17-8(10)3/h4,12H,5H2,1-3H3. The summed E-state index contributed by atoms with van der Waals surface area (Å²) in [4.78, 5) is 3.97. The molecular weight excluding hydrogens is 258 g/mol. The lowest BCUT2D eigenvalue weighted by atomic mass is 10.4. The van der Waals surface area contributed by atoms with Gasteiger partial charge < -0.3 is 8.94 Å². The van der Waals surface area contributed by atoms with Crippen LogP contribution in [0.25, 0.3) is 0 Å². The highest BCUT2D eigenvalue weighted by Crippen LogP contribution is 2.18. The van der Waals surface area contributed by atoms with Crippen LogP contribution in [0, 0.1) is 20.8 Å². The largest absolute Gasteiger partial charge is 0.445 e. The molecule has 2 heterocycles. The van der Waals surface area contributed by atoms with Crippen LogP contribution in [0.4, 0.5) is 0 Å². The third-order valence-corrected chi connectivity index (χ3v) is 3.96. The molecule has 2 aromatic heterocycles. The van der Waals surface area contributed by atoms with Crippen LogP contribution in [0.5, 0.6) is 0 Å². The van der Waals surface area contributed by atoms with E-state index in [1.807, 2.05) is 0 Å². The smallest absolute Gasteiger partial charge is 0.246 e. The molecule has 0 atom stereocenters. The first-order chi connectivity index (χ1) is 8.40. The number of nitrogens with zero attached hydrogens (tertiary/aromatic N) is 2. The Hall–Kier alpha value is -1.67. The van der Waals surface area contributed by atoms with Crippen molar-refractivity contribution in [1.82, 2.24) is 14.9 Å². The third kappa shape index (κ3) is 2.44. The SMILES string of the molecule is Cc1cnc(CNS(=O)(=O)c2c(C)noc2C)o1. The zero-order chi connectivity index (χ0) is 13.3. The number of hydrogen-bond acceptors (Lipinski definition) is 6. The molecule has 0 radical (unpaired) electrons. The van der Waals surface area contributed by atoms with E-state index in [1.54, 1.807) is 20.8 Å². The van der Waals surface area contributed by atoms with Gasteiger partial charge in [0.1, 0.15) is 16.3 Å². The number of oxazole rings is 1. The molecule has 7 nitrogen and oxygen atoms in total. The van der Waals surface area contributed by atoms with E-state index < -0.39 is 10.0 Å². The van der Waals surface area contributed by atoms with Crippen LogP contribution in [0.2, 0.25) is 0 Å². The Bertz CT molecular complexity index is 637. The molecule has 0 aliphatic rings. The fourth-order valence-corrected chi connectivity index (χ4v) is 2.87. The molecule has 0 spiro atoms. The molecule has 0 saturated carbocycles. The van der Waals surface area contributed by atoms with Crippen molar-refractivity contribution in [1.29, 1.82) is 0 Å². The van der Waals surface area contributed by atoms with Crippen LogP contribution in [-0.2, 0) is 16.6 Å². The predicted octanol–water partition coefficient (Wildman–Crippen LogP) is 1.07. The van der Waals surface area contributed by atoms with Gasteiger partial charge in [-0.3, -0.25) is 0 Å². The van der Waals surface area contributed by atoms with Crippen LogP contribution in [0.1, 0.15) is 23.1 Å². The van der Waals surface area contributed by atoms with E-state index in [4.69, 9.17) is 8.94 Å². The van der Waals surface area contributed by atoms with Crippen molar-refractivity contribution in [3.8, 4) is 0 Å². The second kappa shape index (κ2) is 4.54. The number of rotatable bonds is 4. The molecule has 98 valence electrons. The van der Waals surface area contributed by atoms with Gasteiger partial charge in [-0.25, -0.2) is 18.1 Å². The van der Waals surface area contributed by atoms with Crippen molar-refractivity contribution in [3.63, 3.8) is 0 Å². The predicted molar refractivity (Wildman–Crippen MR) is 61.2 cm³/mol. The van der Waals surface area contributed by atoms with Crippen molar-refractivity contribution in [2.75, 3.05) is 0 Å². The summed E-state index contributed by atoms with van der Waals surface area (Å²) in [6, 6.07) is 0. The van der Waals surface area contributed by atoms with Crippen LogP contribution >= 0.6 is 0 Å².